The van der Waals surface area contributed by atoms with Gasteiger partial charge in [-0.25, -0.2) is 0 Å². The first-order valence-electron chi connectivity index (χ1n) is 18.6. The largest absolute Gasteiger partial charge is 0.365 e. The highest BCUT2D eigenvalue weighted by molar-refractivity contribution is 5.65. The van der Waals surface area contributed by atoms with E-state index in [1.807, 2.05) is 0 Å². The Morgan fingerprint density at radius 2 is 0.844 bits per heavy atom. The summed E-state index contributed by atoms with van der Waals surface area (Å²) >= 11 is 0. The molecule has 252 valence electrons. The summed E-state index contributed by atoms with van der Waals surface area (Å²) in [5, 5.41) is 0. The summed E-state index contributed by atoms with van der Waals surface area (Å²) < 4.78 is 0. The smallest absolute Gasteiger partial charge is 0.0441 e. The fourth-order valence-corrected chi connectivity index (χ4v) is 9.63. The molecule has 0 N–H and O–H groups in total. The minimum absolute atomic E-state index is 0.234. The van der Waals surface area contributed by atoms with E-state index >= 15 is 0 Å². The van der Waals surface area contributed by atoms with Gasteiger partial charge in [0.25, 0.3) is 0 Å². The van der Waals surface area contributed by atoms with E-state index in [4.69, 9.17) is 0 Å². The van der Waals surface area contributed by atoms with Gasteiger partial charge in [0.2, 0.25) is 0 Å². The zero-order chi connectivity index (χ0) is 33.5. The van der Waals surface area contributed by atoms with Crippen molar-refractivity contribution < 1.29 is 0 Å². The second kappa shape index (κ2) is 13.3. The number of para-hydroxylation sites is 2. The van der Waals surface area contributed by atoms with Gasteiger partial charge in [0.15, 0.2) is 0 Å². The molecule has 1 spiro atoms. The molecule has 0 radical (unpaired) electrons. The van der Waals surface area contributed by atoms with Crippen LogP contribution >= 0.6 is 0 Å². The van der Waals surface area contributed by atoms with Crippen LogP contribution in [0, 0.1) is 10.8 Å². The van der Waals surface area contributed by atoms with E-state index in [-0.39, 0.29) is 11.1 Å². The molecule has 2 nitrogen and oxygen atoms in total. The fourth-order valence-electron chi connectivity index (χ4n) is 9.63. The SMILES string of the molecule is CC(C)c1cccc(C(C)C)c1N1CC(C)(C)CC1(C)C.CC(C)c1cccc(C(C)C)c1N1CC2(CCCCC2)CC1(C)C. The van der Waals surface area contributed by atoms with Gasteiger partial charge < -0.3 is 9.80 Å². The standard InChI is InChI=1S/C23H37N.C20H33N/c1-17(2)19-11-10-12-20(18(3)4)21(19)24-16-23(15-22(24,5)6)13-8-7-9-14-23;1-14(2)16-10-9-11-17(15(3)4)18(16)21-13-19(5,6)12-20(21,7)8/h10-12,17-18H,7-9,13-16H2,1-6H3;9-11,14-15H,12-13H2,1-8H3. The molecule has 3 fully saturated rings. The molecule has 5 rings (SSSR count). The van der Waals surface area contributed by atoms with Gasteiger partial charge in [-0.15, -0.1) is 0 Å². The van der Waals surface area contributed by atoms with Crippen molar-refractivity contribution in [2.24, 2.45) is 10.8 Å². The quantitative estimate of drug-likeness (QED) is 0.319. The van der Waals surface area contributed by atoms with Crippen molar-refractivity contribution in [3.05, 3.63) is 58.7 Å². The first kappa shape index (κ1) is 35.9. The second-order valence-corrected chi connectivity index (χ2v) is 18.6. The van der Waals surface area contributed by atoms with Gasteiger partial charge in [-0.3, -0.25) is 0 Å². The third-order valence-electron chi connectivity index (χ3n) is 11.4. The zero-order valence-corrected chi connectivity index (χ0v) is 32.0. The van der Waals surface area contributed by atoms with E-state index in [1.54, 1.807) is 16.8 Å². The number of nitrogens with zero attached hydrogens (tertiary/aromatic N) is 2. The number of rotatable bonds is 6. The van der Waals surface area contributed by atoms with Gasteiger partial charge in [0.05, 0.1) is 0 Å². The third kappa shape index (κ3) is 7.62. The molecular weight excluding hydrogens is 544 g/mol. The highest BCUT2D eigenvalue weighted by Crippen LogP contribution is 2.53. The molecular formula is C43H70N2. The monoisotopic (exact) mass is 615 g/mol. The van der Waals surface area contributed by atoms with E-state index in [1.165, 1.54) is 68.3 Å². The van der Waals surface area contributed by atoms with Crippen LogP contribution in [0.3, 0.4) is 0 Å². The molecule has 0 aromatic heterocycles. The van der Waals surface area contributed by atoms with Crippen molar-refractivity contribution in [3.63, 3.8) is 0 Å². The molecule has 0 amide bonds. The molecule has 1 saturated carbocycles. The lowest BCUT2D eigenvalue weighted by molar-refractivity contribution is 0.204. The molecule has 2 aliphatic heterocycles. The Hall–Kier alpha value is -1.96. The van der Waals surface area contributed by atoms with Crippen LogP contribution < -0.4 is 9.80 Å². The molecule has 2 aromatic carbocycles. The molecule has 0 atom stereocenters. The topological polar surface area (TPSA) is 6.48 Å². The van der Waals surface area contributed by atoms with Crippen LogP contribution in [0.2, 0.25) is 0 Å². The van der Waals surface area contributed by atoms with E-state index in [2.05, 4.69) is 143 Å². The predicted octanol–water partition coefficient (Wildman–Crippen LogP) is 12.8. The lowest BCUT2D eigenvalue weighted by Crippen LogP contribution is -2.39. The molecule has 0 bridgehead atoms. The molecule has 2 heterocycles. The van der Waals surface area contributed by atoms with Crippen molar-refractivity contribution in [2.75, 3.05) is 22.9 Å². The minimum atomic E-state index is 0.234. The fraction of sp³-hybridized carbons (Fsp3) is 0.721. The van der Waals surface area contributed by atoms with Crippen LogP contribution in [0.25, 0.3) is 0 Å². The summed E-state index contributed by atoms with van der Waals surface area (Å²) in [6.45, 7) is 35.7. The zero-order valence-electron chi connectivity index (χ0n) is 32.0. The number of hydrogen-bond donors (Lipinski definition) is 0. The van der Waals surface area contributed by atoms with Crippen LogP contribution in [0.15, 0.2) is 36.4 Å². The van der Waals surface area contributed by atoms with Gasteiger partial charge in [0, 0.05) is 35.5 Å². The van der Waals surface area contributed by atoms with Gasteiger partial charge in [0.1, 0.15) is 0 Å². The van der Waals surface area contributed by atoms with E-state index in [9.17, 15) is 0 Å². The average molecular weight is 615 g/mol. The molecule has 2 heteroatoms. The summed E-state index contributed by atoms with van der Waals surface area (Å²) in [6, 6.07) is 13.9. The Kier molecular flexibility index (Phi) is 10.6. The Morgan fingerprint density at radius 3 is 1.18 bits per heavy atom. The minimum Gasteiger partial charge on any atom is -0.365 e. The molecule has 45 heavy (non-hydrogen) atoms. The lowest BCUT2D eigenvalue weighted by atomic mass is 9.71. The maximum absolute atomic E-state index is 2.81. The van der Waals surface area contributed by atoms with Crippen molar-refractivity contribution in [1.82, 2.24) is 0 Å². The van der Waals surface area contributed by atoms with Crippen LogP contribution in [0.4, 0.5) is 11.4 Å². The summed E-state index contributed by atoms with van der Waals surface area (Å²) in [6.07, 6.45) is 9.82. The molecule has 2 saturated heterocycles. The van der Waals surface area contributed by atoms with E-state index < -0.39 is 0 Å². The van der Waals surface area contributed by atoms with E-state index in [0.717, 1.165) is 6.54 Å². The van der Waals surface area contributed by atoms with Crippen molar-refractivity contribution in [1.29, 1.82) is 0 Å². The van der Waals surface area contributed by atoms with Gasteiger partial charge in [-0.2, -0.15) is 0 Å². The highest BCUT2D eigenvalue weighted by atomic mass is 15.2. The van der Waals surface area contributed by atoms with Crippen LogP contribution in [-0.2, 0) is 0 Å². The summed E-state index contributed by atoms with van der Waals surface area (Å²) in [7, 11) is 0. The normalized spacial score (nSPS) is 21.7. The van der Waals surface area contributed by atoms with Gasteiger partial charge in [-0.05, 0) is 110 Å². The van der Waals surface area contributed by atoms with Crippen LogP contribution in [0.1, 0.15) is 188 Å². The van der Waals surface area contributed by atoms with Crippen LogP contribution in [0.5, 0.6) is 0 Å². The average Bonchev–Trinajstić information content (AvgIpc) is 3.33. The Balaban J connectivity index is 0.000000207. The predicted molar refractivity (Wildman–Crippen MR) is 201 cm³/mol. The maximum atomic E-state index is 2.81. The maximum Gasteiger partial charge on any atom is 0.0441 e. The summed E-state index contributed by atoms with van der Waals surface area (Å²) in [5.74, 6) is 2.30. The highest BCUT2D eigenvalue weighted by Gasteiger charge is 2.49. The van der Waals surface area contributed by atoms with E-state index in [0.29, 0.717) is 34.5 Å². The summed E-state index contributed by atoms with van der Waals surface area (Å²) in [5.41, 5.74) is 10.6. The molecule has 1 aliphatic carbocycles. The van der Waals surface area contributed by atoms with Crippen molar-refractivity contribution in [3.8, 4) is 0 Å². The van der Waals surface area contributed by atoms with Gasteiger partial charge in [-0.1, -0.05) is 125 Å². The van der Waals surface area contributed by atoms with Crippen molar-refractivity contribution in [2.45, 2.75) is 177 Å². The number of benzene rings is 2. The van der Waals surface area contributed by atoms with Crippen LogP contribution in [-0.4, -0.2) is 24.2 Å². The second-order valence-electron chi connectivity index (χ2n) is 18.6. The molecule has 3 aliphatic rings. The Labute approximate surface area is 279 Å². The Bertz CT molecular complexity index is 1230. The number of anilines is 2. The van der Waals surface area contributed by atoms with Crippen molar-refractivity contribution >= 4 is 11.4 Å². The lowest BCUT2D eigenvalue weighted by Gasteiger charge is -2.38. The Morgan fingerprint density at radius 1 is 0.489 bits per heavy atom. The third-order valence-corrected chi connectivity index (χ3v) is 11.4. The molecule has 0 unspecified atom stereocenters. The first-order chi connectivity index (χ1) is 20.8. The molecule has 2 aromatic rings. The summed E-state index contributed by atoms with van der Waals surface area (Å²) in [4.78, 5) is 5.50. The van der Waals surface area contributed by atoms with Gasteiger partial charge >= 0.3 is 0 Å². The first-order valence-corrected chi connectivity index (χ1v) is 18.6. The number of hydrogen-bond acceptors (Lipinski definition) is 2.